The molecule has 0 radical (unpaired) electrons. The van der Waals surface area contributed by atoms with Gasteiger partial charge in [0.25, 0.3) is 0 Å². The van der Waals surface area contributed by atoms with Crippen LogP contribution in [0.2, 0.25) is 0 Å². The monoisotopic (exact) mass is 266 g/mol. The predicted octanol–water partition coefficient (Wildman–Crippen LogP) is 1.95. The van der Waals surface area contributed by atoms with Crippen molar-refractivity contribution in [2.45, 2.75) is 52.7 Å². The van der Waals surface area contributed by atoms with Gasteiger partial charge in [-0.25, -0.2) is 4.68 Å². The van der Waals surface area contributed by atoms with Crippen molar-refractivity contribution < 1.29 is 5.11 Å². The first-order valence-electron chi connectivity index (χ1n) is 7.19. The van der Waals surface area contributed by atoms with Crippen molar-refractivity contribution in [1.82, 2.24) is 9.78 Å². The molecule has 0 aromatic carbocycles. The molecule has 1 aromatic rings. The molecule has 2 rings (SSSR count). The molecule has 5 nitrogen and oxygen atoms in total. The van der Waals surface area contributed by atoms with Gasteiger partial charge in [0.1, 0.15) is 0 Å². The van der Waals surface area contributed by atoms with Gasteiger partial charge in [0.05, 0.1) is 17.5 Å². The molecule has 3 N–H and O–H groups in total. The fourth-order valence-electron chi connectivity index (χ4n) is 2.82. The van der Waals surface area contributed by atoms with Crippen LogP contribution in [-0.2, 0) is 0 Å². The highest BCUT2D eigenvalue weighted by atomic mass is 16.3. The minimum Gasteiger partial charge on any atom is -0.394 e. The summed E-state index contributed by atoms with van der Waals surface area (Å²) in [7, 11) is 0. The summed E-state index contributed by atoms with van der Waals surface area (Å²) < 4.78 is 2.02. The molecule has 0 bridgehead atoms. The largest absolute Gasteiger partial charge is 0.394 e. The molecule has 1 aliphatic rings. The summed E-state index contributed by atoms with van der Waals surface area (Å²) in [5.41, 5.74) is 7.89. The minimum absolute atomic E-state index is 0.212. The Kier molecular flexibility index (Phi) is 4.04. The van der Waals surface area contributed by atoms with Crippen molar-refractivity contribution in [3.8, 4) is 0 Å². The van der Waals surface area contributed by atoms with Gasteiger partial charge < -0.3 is 15.7 Å². The van der Waals surface area contributed by atoms with Gasteiger partial charge in [-0.15, -0.1) is 0 Å². The molecule has 1 aromatic heterocycles. The van der Waals surface area contributed by atoms with Gasteiger partial charge in [0, 0.05) is 19.1 Å². The quantitative estimate of drug-likeness (QED) is 0.877. The summed E-state index contributed by atoms with van der Waals surface area (Å²) >= 11 is 0. The first-order chi connectivity index (χ1) is 8.91. The number of nitrogen functional groups attached to an aromatic ring is 1. The van der Waals surface area contributed by atoms with Crippen LogP contribution in [0.1, 0.15) is 45.3 Å². The fraction of sp³-hybridized carbons (Fsp3) is 0.786. The molecule has 1 atom stereocenters. The summed E-state index contributed by atoms with van der Waals surface area (Å²) in [5, 5.41) is 14.2. The number of anilines is 2. The number of hydrogen-bond acceptors (Lipinski definition) is 4. The maximum Gasteiger partial charge on any atom is 0.150 e. The van der Waals surface area contributed by atoms with Crippen molar-refractivity contribution in [1.29, 1.82) is 0 Å². The Morgan fingerprint density at radius 1 is 1.26 bits per heavy atom. The molecule has 0 amide bonds. The van der Waals surface area contributed by atoms with Gasteiger partial charge in [0.15, 0.2) is 5.82 Å². The molecular weight excluding hydrogens is 240 g/mol. The SMILES string of the molecule is Cc1nn(C(C)C)c(N2CCC(C(C)O)CC2)c1N. The highest BCUT2D eigenvalue weighted by molar-refractivity contribution is 5.66. The molecule has 0 aliphatic carbocycles. The molecule has 108 valence electrons. The average Bonchev–Trinajstić information content (AvgIpc) is 2.66. The molecule has 0 spiro atoms. The number of rotatable bonds is 3. The topological polar surface area (TPSA) is 67.3 Å². The van der Waals surface area contributed by atoms with Gasteiger partial charge in [-0.3, -0.25) is 0 Å². The van der Waals surface area contributed by atoms with E-state index in [1.54, 1.807) is 0 Å². The van der Waals surface area contributed by atoms with Gasteiger partial charge in [0.2, 0.25) is 0 Å². The van der Waals surface area contributed by atoms with Crippen LogP contribution in [0.5, 0.6) is 0 Å². The van der Waals surface area contributed by atoms with Crippen LogP contribution >= 0.6 is 0 Å². The summed E-state index contributed by atoms with van der Waals surface area (Å²) in [6, 6.07) is 0.306. The molecule has 5 heteroatoms. The highest BCUT2D eigenvalue weighted by Crippen LogP contribution is 2.32. The van der Waals surface area contributed by atoms with Crippen LogP contribution in [0.4, 0.5) is 11.5 Å². The zero-order valence-corrected chi connectivity index (χ0v) is 12.4. The third-order valence-corrected chi connectivity index (χ3v) is 4.12. The van der Waals surface area contributed by atoms with Crippen LogP contribution in [0, 0.1) is 12.8 Å². The Morgan fingerprint density at radius 2 is 1.84 bits per heavy atom. The van der Waals surface area contributed by atoms with Gasteiger partial charge in [-0.05, 0) is 46.5 Å². The Labute approximate surface area is 115 Å². The van der Waals surface area contributed by atoms with E-state index < -0.39 is 0 Å². The zero-order valence-electron chi connectivity index (χ0n) is 12.4. The number of aromatic nitrogens is 2. The summed E-state index contributed by atoms with van der Waals surface area (Å²) in [4.78, 5) is 2.31. The van der Waals surface area contributed by atoms with E-state index in [0.717, 1.165) is 43.1 Å². The Hall–Kier alpha value is -1.23. The van der Waals surface area contributed by atoms with E-state index >= 15 is 0 Å². The number of aliphatic hydroxyl groups excluding tert-OH is 1. The van der Waals surface area contributed by atoms with Crippen molar-refractivity contribution in [3.63, 3.8) is 0 Å². The molecule has 1 fully saturated rings. The van der Waals surface area contributed by atoms with Gasteiger partial charge in [-0.1, -0.05) is 0 Å². The Bertz CT molecular complexity index is 431. The number of piperidine rings is 1. The second kappa shape index (κ2) is 5.41. The molecular formula is C14H26N4O. The molecule has 0 saturated carbocycles. The zero-order chi connectivity index (χ0) is 14.2. The number of hydrogen-bond donors (Lipinski definition) is 2. The molecule has 1 aliphatic heterocycles. The first kappa shape index (κ1) is 14.2. The molecule has 2 heterocycles. The third kappa shape index (κ3) is 2.71. The normalized spacial score (nSPS) is 19.2. The lowest BCUT2D eigenvalue weighted by molar-refractivity contribution is 0.109. The standard InChI is InChI=1S/C14H26N4O/c1-9(2)18-14(13(15)10(3)16-18)17-7-5-12(6-8-17)11(4)19/h9,11-12,19H,5-8,15H2,1-4H3. The second-order valence-corrected chi connectivity index (χ2v) is 5.93. The summed E-state index contributed by atoms with van der Waals surface area (Å²) in [5.74, 6) is 1.46. The maximum absolute atomic E-state index is 9.67. The van der Waals surface area contributed by atoms with Crippen LogP contribution in [-0.4, -0.2) is 34.1 Å². The van der Waals surface area contributed by atoms with Crippen molar-refractivity contribution in [3.05, 3.63) is 5.69 Å². The minimum atomic E-state index is -0.212. The number of nitrogens with zero attached hydrogens (tertiary/aromatic N) is 3. The third-order valence-electron chi connectivity index (χ3n) is 4.12. The van der Waals surface area contributed by atoms with Crippen LogP contribution < -0.4 is 10.6 Å². The van der Waals surface area contributed by atoms with E-state index in [1.165, 1.54) is 0 Å². The van der Waals surface area contributed by atoms with Gasteiger partial charge >= 0.3 is 0 Å². The maximum atomic E-state index is 9.67. The predicted molar refractivity (Wildman–Crippen MR) is 78.4 cm³/mol. The Balaban J connectivity index is 2.19. The van der Waals surface area contributed by atoms with Crippen molar-refractivity contribution >= 4 is 11.5 Å². The van der Waals surface area contributed by atoms with Gasteiger partial charge in [-0.2, -0.15) is 5.10 Å². The number of nitrogens with two attached hydrogens (primary N) is 1. The number of aryl methyl sites for hydroxylation is 1. The average molecular weight is 266 g/mol. The van der Waals surface area contributed by atoms with E-state index in [9.17, 15) is 5.11 Å². The lowest BCUT2D eigenvalue weighted by Crippen LogP contribution is -2.38. The first-order valence-corrected chi connectivity index (χ1v) is 7.19. The van der Waals surface area contributed by atoms with E-state index in [1.807, 2.05) is 18.5 Å². The van der Waals surface area contributed by atoms with Crippen molar-refractivity contribution in [2.24, 2.45) is 5.92 Å². The molecule has 19 heavy (non-hydrogen) atoms. The number of aliphatic hydroxyl groups is 1. The van der Waals surface area contributed by atoms with Crippen LogP contribution in [0.25, 0.3) is 0 Å². The summed E-state index contributed by atoms with van der Waals surface area (Å²) in [6.45, 7) is 9.97. The van der Waals surface area contributed by atoms with E-state index in [2.05, 4.69) is 23.8 Å². The summed E-state index contributed by atoms with van der Waals surface area (Å²) in [6.07, 6.45) is 1.81. The Morgan fingerprint density at radius 3 is 2.32 bits per heavy atom. The second-order valence-electron chi connectivity index (χ2n) is 5.93. The highest BCUT2D eigenvalue weighted by Gasteiger charge is 2.27. The smallest absolute Gasteiger partial charge is 0.150 e. The molecule has 1 unspecified atom stereocenters. The van der Waals surface area contributed by atoms with Crippen molar-refractivity contribution in [2.75, 3.05) is 23.7 Å². The lowest BCUT2D eigenvalue weighted by atomic mass is 9.92. The van der Waals surface area contributed by atoms with E-state index in [4.69, 9.17) is 5.73 Å². The van der Waals surface area contributed by atoms with Crippen LogP contribution in [0.3, 0.4) is 0 Å². The van der Waals surface area contributed by atoms with E-state index in [-0.39, 0.29) is 6.10 Å². The van der Waals surface area contributed by atoms with Crippen LogP contribution in [0.15, 0.2) is 0 Å². The molecule has 1 saturated heterocycles. The lowest BCUT2D eigenvalue weighted by Gasteiger charge is -2.35. The fourth-order valence-corrected chi connectivity index (χ4v) is 2.82. The van der Waals surface area contributed by atoms with E-state index in [0.29, 0.717) is 12.0 Å².